The van der Waals surface area contributed by atoms with Crippen LogP contribution < -0.4 is 14.2 Å². The van der Waals surface area contributed by atoms with Gasteiger partial charge in [0.25, 0.3) is 0 Å². The molecule has 0 fully saturated rings. The van der Waals surface area contributed by atoms with Gasteiger partial charge in [0.15, 0.2) is 5.78 Å². The van der Waals surface area contributed by atoms with E-state index in [0.717, 1.165) is 5.56 Å². The molecule has 0 bridgehead atoms. The van der Waals surface area contributed by atoms with Gasteiger partial charge in [-0.15, -0.1) is 0 Å². The summed E-state index contributed by atoms with van der Waals surface area (Å²) in [6.07, 6.45) is 0.0934. The highest BCUT2D eigenvalue weighted by Crippen LogP contribution is 2.41. The second-order valence-corrected chi connectivity index (χ2v) is 5.51. The van der Waals surface area contributed by atoms with Crippen LogP contribution in [0.2, 0.25) is 0 Å². The van der Waals surface area contributed by atoms with Gasteiger partial charge in [-0.25, -0.2) is 0 Å². The van der Waals surface area contributed by atoms with Crippen molar-refractivity contribution in [1.29, 1.82) is 0 Å². The Bertz CT molecular complexity index is 726. The predicted octanol–water partition coefficient (Wildman–Crippen LogP) is 2.60. The lowest BCUT2D eigenvalue weighted by Gasteiger charge is -2.34. The molecule has 0 aliphatic carbocycles. The van der Waals surface area contributed by atoms with Crippen molar-refractivity contribution in [2.45, 2.75) is 18.6 Å². The average molecular weight is 314 g/mol. The molecule has 0 saturated carbocycles. The van der Waals surface area contributed by atoms with E-state index in [1.807, 2.05) is 30.3 Å². The maximum Gasteiger partial charge on any atom is 0.219 e. The van der Waals surface area contributed by atoms with Gasteiger partial charge in [-0.1, -0.05) is 30.3 Å². The molecule has 5 nitrogen and oxygen atoms in total. The normalized spacial score (nSPS) is 19.7. The number of aliphatic hydroxyl groups is 1. The molecule has 1 unspecified atom stereocenters. The molecule has 0 saturated heterocycles. The van der Waals surface area contributed by atoms with Crippen LogP contribution in [0.15, 0.2) is 42.5 Å². The second-order valence-electron chi connectivity index (χ2n) is 5.51. The number of Topliss-reactive ketones (excluding diaryl/α,β-unsaturated/α-hetero) is 1. The summed E-state index contributed by atoms with van der Waals surface area (Å²) in [7, 11) is 3.00. The molecular weight excluding hydrogens is 296 g/mol. The Morgan fingerprint density at radius 1 is 1.17 bits per heavy atom. The van der Waals surface area contributed by atoms with Gasteiger partial charge in [-0.3, -0.25) is 4.79 Å². The van der Waals surface area contributed by atoms with E-state index in [1.54, 1.807) is 12.1 Å². The van der Waals surface area contributed by atoms with Crippen LogP contribution in [0.4, 0.5) is 0 Å². The van der Waals surface area contributed by atoms with Gasteiger partial charge in [-0.2, -0.15) is 0 Å². The van der Waals surface area contributed by atoms with Crippen molar-refractivity contribution in [2.75, 3.05) is 14.2 Å². The van der Waals surface area contributed by atoms with Crippen molar-refractivity contribution in [3.8, 4) is 17.2 Å². The quantitative estimate of drug-likeness (QED) is 0.939. The molecule has 0 radical (unpaired) electrons. The van der Waals surface area contributed by atoms with Gasteiger partial charge in [-0.05, 0) is 5.56 Å². The average Bonchev–Trinajstić information content (AvgIpc) is 2.53. The Morgan fingerprint density at radius 3 is 2.57 bits per heavy atom. The van der Waals surface area contributed by atoms with E-state index in [9.17, 15) is 9.90 Å². The molecule has 1 aliphatic rings. The molecule has 0 aromatic heterocycles. The van der Waals surface area contributed by atoms with E-state index in [4.69, 9.17) is 14.2 Å². The fourth-order valence-electron chi connectivity index (χ4n) is 2.79. The van der Waals surface area contributed by atoms with Crippen molar-refractivity contribution in [3.63, 3.8) is 0 Å². The smallest absolute Gasteiger partial charge is 0.219 e. The SMILES string of the molecule is COc1cc(OC)c2c(c1)OC(O)(Cc1ccccc1)CC2=O. The third kappa shape index (κ3) is 3.00. The van der Waals surface area contributed by atoms with Crippen molar-refractivity contribution in [2.24, 2.45) is 0 Å². The summed E-state index contributed by atoms with van der Waals surface area (Å²) < 4.78 is 16.2. The number of methoxy groups -OCH3 is 2. The van der Waals surface area contributed by atoms with Crippen LogP contribution in [0.3, 0.4) is 0 Å². The van der Waals surface area contributed by atoms with Crippen molar-refractivity contribution in [3.05, 3.63) is 53.6 Å². The molecule has 120 valence electrons. The summed E-state index contributed by atoms with van der Waals surface area (Å²) in [6, 6.07) is 12.6. The first-order valence-electron chi connectivity index (χ1n) is 7.29. The van der Waals surface area contributed by atoms with Gasteiger partial charge in [0.1, 0.15) is 22.8 Å². The largest absolute Gasteiger partial charge is 0.496 e. The minimum atomic E-state index is -1.58. The highest BCUT2D eigenvalue weighted by molar-refractivity contribution is 6.03. The molecule has 23 heavy (non-hydrogen) atoms. The van der Waals surface area contributed by atoms with E-state index in [1.165, 1.54) is 14.2 Å². The van der Waals surface area contributed by atoms with Crippen LogP contribution in [0.5, 0.6) is 17.2 Å². The molecular formula is C18H18O5. The summed E-state index contributed by atoms with van der Waals surface area (Å²) in [4.78, 5) is 12.5. The van der Waals surface area contributed by atoms with E-state index in [0.29, 0.717) is 17.1 Å². The maximum absolute atomic E-state index is 12.5. The van der Waals surface area contributed by atoms with Crippen LogP contribution in [0.1, 0.15) is 22.3 Å². The highest BCUT2D eigenvalue weighted by atomic mass is 16.6. The van der Waals surface area contributed by atoms with E-state index < -0.39 is 5.79 Å². The number of ketones is 1. The summed E-state index contributed by atoms with van der Waals surface area (Å²) in [5.74, 6) is -0.647. The number of carbonyl (C=O) groups is 1. The zero-order chi connectivity index (χ0) is 16.4. The van der Waals surface area contributed by atoms with Gasteiger partial charge in [0.05, 0.1) is 20.6 Å². The van der Waals surface area contributed by atoms with Gasteiger partial charge in [0, 0.05) is 18.6 Å². The second kappa shape index (κ2) is 5.93. The third-order valence-electron chi connectivity index (χ3n) is 3.83. The first-order valence-corrected chi connectivity index (χ1v) is 7.29. The lowest BCUT2D eigenvalue weighted by atomic mass is 9.93. The van der Waals surface area contributed by atoms with Gasteiger partial charge >= 0.3 is 0 Å². The van der Waals surface area contributed by atoms with Crippen LogP contribution in [0, 0.1) is 0 Å². The minimum Gasteiger partial charge on any atom is -0.496 e. The van der Waals surface area contributed by atoms with Crippen LogP contribution in [-0.4, -0.2) is 30.9 Å². The Labute approximate surface area is 134 Å². The van der Waals surface area contributed by atoms with Crippen molar-refractivity contribution >= 4 is 5.78 Å². The number of hydrogen-bond donors (Lipinski definition) is 1. The molecule has 1 atom stereocenters. The molecule has 3 rings (SSSR count). The van der Waals surface area contributed by atoms with Crippen LogP contribution in [-0.2, 0) is 6.42 Å². The molecule has 2 aromatic carbocycles. The van der Waals surface area contributed by atoms with E-state index in [2.05, 4.69) is 0 Å². The molecule has 1 aliphatic heterocycles. The number of carbonyl (C=O) groups excluding carboxylic acids is 1. The summed E-state index contributed by atoms with van der Waals surface area (Å²) in [6.45, 7) is 0. The van der Waals surface area contributed by atoms with Crippen LogP contribution in [0.25, 0.3) is 0 Å². The molecule has 0 amide bonds. The number of ether oxygens (including phenoxy) is 3. The number of benzene rings is 2. The maximum atomic E-state index is 12.5. The standard InChI is InChI=1S/C18H18O5/c1-21-13-8-15(22-2)17-14(19)11-18(20,23-16(17)9-13)10-12-6-4-3-5-7-12/h3-9,20H,10-11H2,1-2H3. The highest BCUT2D eigenvalue weighted by Gasteiger charge is 2.40. The summed E-state index contributed by atoms with van der Waals surface area (Å²) >= 11 is 0. The Hall–Kier alpha value is -2.53. The molecule has 1 heterocycles. The Balaban J connectivity index is 1.97. The Kier molecular flexibility index (Phi) is 3.96. The van der Waals surface area contributed by atoms with Gasteiger partial charge in [0.2, 0.25) is 5.79 Å². The lowest BCUT2D eigenvalue weighted by molar-refractivity contribution is -0.138. The zero-order valence-electron chi connectivity index (χ0n) is 13.0. The first-order chi connectivity index (χ1) is 11.0. The van der Waals surface area contributed by atoms with Gasteiger partial charge < -0.3 is 19.3 Å². The number of rotatable bonds is 4. The van der Waals surface area contributed by atoms with E-state index >= 15 is 0 Å². The molecule has 0 spiro atoms. The van der Waals surface area contributed by atoms with Crippen LogP contribution >= 0.6 is 0 Å². The summed E-state index contributed by atoms with van der Waals surface area (Å²) in [5, 5.41) is 10.7. The van der Waals surface area contributed by atoms with Crippen molar-refractivity contribution < 1.29 is 24.1 Å². The molecule has 1 N–H and O–H groups in total. The minimum absolute atomic E-state index is 0.127. The lowest BCUT2D eigenvalue weighted by Crippen LogP contribution is -2.44. The first kappa shape index (κ1) is 15.4. The fraction of sp³-hybridized carbons (Fsp3) is 0.278. The van der Waals surface area contributed by atoms with Crippen molar-refractivity contribution in [1.82, 2.24) is 0 Å². The third-order valence-corrected chi connectivity index (χ3v) is 3.83. The zero-order valence-corrected chi connectivity index (χ0v) is 13.0. The predicted molar refractivity (Wildman–Crippen MR) is 84.2 cm³/mol. The molecule has 5 heteroatoms. The Morgan fingerprint density at radius 2 is 1.91 bits per heavy atom. The number of fused-ring (bicyclic) bond motifs is 1. The topological polar surface area (TPSA) is 65.0 Å². The fourth-order valence-corrected chi connectivity index (χ4v) is 2.79. The molecule has 2 aromatic rings. The summed E-state index contributed by atoms with van der Waals surface area (Å²) in [5.41, 5.74) is 1.23. The van der Waals surface area contributed by atoms with E-state index in [-0.39, 0.29) is 24.4 Å². The monoisotopic (exact) mass is 314 g/mol. The number of hydrogen-bond acceptors (Lipinski definition) is 5.